The standard InChI is InChI=1S/C20H18FNO2/c1-2-15-11-12-17(24-20-10-6-9-19(21)22-20)18(13-15)23-14-16-7-4-3-5-8-16/h3-13H,2,14H2,1H3. The molecule has 0 bridgehead atoms. The molecule has 0 amide bonds. The summed E-state index contributed by atoms with van der Waals surface area (Å²) in [6.45, 7) is 2.51. The third-order valence-corrected chi connectivity index (χ3v) is 3.56. The van der Waals surface area contributed by atoms with E-state index in [0.29, 0.717) is 18.1 Å². The smallest absolute Gasteiger partial charge is 0.222 e. The number of ether oxygens (including phenoxy) is 2. The van der Waals surface area contributed by atoms with E-state index in [1.54, 1.807) is 12.1 Å². The van der Waals surface area contributed by atoms with Crippen molar-refractivity contribution in [1.82, 2.24) is 4.98 Å². The molecule has 0 saturated heterocycles. The van der Waals surface area contributed by atoms with Gasteiger partial charge in [-0.05, 0) is 35.7 Å². The van der Waals surface area contributed by atoms with Crippen molar-refractivity contribution in [3.8, 4) is 17.4 Å². The topological polar surface area (TPSA) is 31.4 Å². The molecule has 3 aromatic rings. The lowest BCUT2D eigenvalue weighted by atomic mass is 10.1. The molecule has 0 N–H and O–H groups in total. The number of aryl methyl sites for hydroxylation is 1. The number of hydrogen-bond acceptors (Lipinski definition) is 3. The second-order valence-corrected chi connectivity index (χ2v) is 5.31. The first-order chi connectivity index (χ1) is 11.7. The van der Waals surface area contributed by atoms with Crippen molar-refractivity contribution in [2.45, 2.75) is 20.0 Å². The van der Waals surface area contributed by atoms with Crippen molar-refractivity contribution in [3.63, 3.8) is 0 Å². The Balaban J connectivity index is 1.82. The lowest BCUT2D eigenvalue weighted by Crippen LogP contribution is -1.99. The van der Waals surface area contributed by atoms with Crippen LogP contribution in [0.5, 0.6) is 17.4 Å². The number of hydrogen-bond donors (Lipinski definition) is 0. The minimum Gasteiger partial charge on any atom is -0.485 e. The van der Waals surface area contributed by atoms with Gasteiger partial charge in [0.1, 0.15) is 6.61 Å². The Bertz CT molecular complexity index is 806. The number of halogens is 1. The van der Waals surface area contributed by atoms with Gasteiger partial charge in [-0.3, -0.25) is 0 Å². The Morgan fingerprint density at radius 1 is 0.875 bits per heavy atom. The molecular weight excluding hydrogens is 305 g/mol. The zero-order valence-corrected chi connectivity index (χ0v) is 13.4. The van der Waals surface area contributed by atoms with Crippen molar-refractivity contribution >= 4 is 0 Å². The SMILES string of the molecule is CCc1ccc(Oc2cccc(F)n2)c(OCc2ccccc2)c1. The third kappa shape index (κ3) is 4.10. The molecule has 1 heterocycles. The predicted octanol–water partition coefficient (Wildman–Crippen LogP) is 5.15. The summed E-state index contributed by atoms with van der Waals surface area (Å²) in [7, 11) is 0. The number of aromatic nitrogens is 1. The van der Waals surface area contributed by atoms with E-state index in [-0.39, 0.29) is 5.88 Å². The molecular formula is C20H18FNO2. The van der Waals surface area contributed by atoms with Gasteiger partial charge in [0.25, 0.3) is 0 Å². The lowest BCUT2D eigenvalue weighted by molar-refractivity contribution is 0.289. The summed E-state index contributed by atoms with van der Waals surface area (Å²) < 4.78 is 24.9. The number of benzene rings is 2. The van der Waals surface area contributed by atoms with Crippen LogP contribution in [0.2, 0.25) is 0 Å². The minimum absolute atomic E-state index is 0.198. The molecule has 0 saturated carbocycles. The second-order valence-electron chi connectivity index (χ2n) is 5.31. The molecule has 0 fully saturated rings. The highest BCUT2D eigenvalue weighted by molar-refractivity contribution is 5.44. The van der Waals surface area contributed by atoms with Crippen molar-refractivity contribution < 1.29 is 13.9 Å². The fourth-order valence-corrected chi connectivity index (χ4v) is 2.26. The maximum atomic E-state index is 13.2. The quantitative estimate of drug-likeness (QED) is 0.588. The Hall–Kier alpha value is -2.88. The predicted molar refractivity (Wildman–Crippen MR) is 90.9 cm³/mol. The Labute approximate surface area is 140 Å². The largest absolute Gasteiger partial charge is 0.485 e. The summed E-state index contributed by atoms with van der Waals surface area (Å²) in [5.41, 5.74) is 2.20. The Morgan fingerprint density at radius 2 is 1.71 bits per heavy atom. The van der Waals surface area contributed by atoms with Crippen LogP contribution in [0.1, 0.15) is 18.1 Å². The van der Waals surface area contributed by atoms with Gasteiger partial charge in [0.2, 0.25) is 11.8 Å². The monoisotopic (exact) mass is 323 g/mol. The fourth-order valence-electron chi connectivity index (χ4n) is 2.26. The van der Waals surface area contributed by atoms with Crippen LogP contribution in [0.4, 0.5) is 4.39 Å². The van der Waals surface area contributed by atoms with Gasteiger partial charge in [-0.25, -0.2) is 0 Å². The van der Waals surface area contributed by atoms with Crippen molar-refractivity contribution in [2.75, 3.05) is 0 Å². The highest BCUT2D eigenvalue weighted by Gasteiger charge is 2.09. The molecule has 0 aliphatic rings. The van der Waals surface area contributed by atoms with Crippen LogP contribution >= 0.6 is 0 Å². The van der Waals surface area contributed by atoms with Crippen LogP contribution in [-0.4, -0.2) is 4.98 Å². The van der Waals surface area contributed by atoms with E-state index >= 15 is 0 Å². The van der Waals surface area contributed by atoms with Gasteiger partial charge in [-0.15, -0.1) is 0 Å². The molecule has 0 atom stereocenters. The highest BCUT2D eigenvalue weighted by atomic mass is 19.1. The average Bonchev–Trinajstić information content (AvgIpc) is 2.62. The molecule has 3 rings (SSSR count). The lowest BCUT2D eigenvalue weighted by Gasteiger charge is -2.13. The maximum absolute atomic E-state index is 13.2. The van der Waals surface area contributed by atoms with Crippen LogP contribution in [0.15, 0.2) is 66.7 Å². The van der Waals surface area contributed by atoms with E-state index in [2.05, 4.69) is 11.9 Å². The average molecular weight is 323 g/mol. The molecule has 0 aliphatic carbocycles. The first-order valence-corrected chi connectivity index (χ1v) is 7.84. The van der Waals surface area contributed by atoms with E-state index in [1.165, 1.54) is 6.07 Å². The van der Waals surface area contributed by atoms with Crippen LogP contribution in [0.25, 0.3) is 0 Å². The minimum atomic E-state index is -0.579. The normalized spacial score (nSPS) is 10.4. The molecule has 0 unspecified atom stereocenters. The van der Waals surface area contributed by atoms with Crippen molar-refractivity contribution in [1.29, 1.82) is 0 Å². The first kappa shape index (κ1) is 16.0. The van der Waals surface area contributed by atoms with Gasteiger partial charge in [0.15, 0.2) is 11.5 Å². The number of pyridine rings is 1. The van der Waals surface area contributed by atoms with E-state index in [0.717, 1.165) is 17.5 Å². The number of nitrogens with zero attached hydrogens (tertiary/aromatic N) is 1. The molecule has 24 heavy (non-hydrogen) atoms. The van der Waals surface area contributed by atoms with Crippen LogP contribution in [0.3, 0.4) is 0 Å². The zero-order chi connectivity index (χ0) is 16.8. The van der Waals surface area contributed by atoms with Crippen LogP contribution in [0, 0.1) is 5.95 Å². The zero-order valence-electron chi connectivity index (χ0n) is 13.4. The molecule has 0 aliphatic heterocycles. The molecule has 1 aromatic heterocycles. The van der Waals surface area contributed by atoms with Crippen LogP contribution < -0.4 is 9.47 Å². The van der Waals surface area contributed by atoms with E-state index in [4.69, 9.17) is 9.47 Å². The third-order valence-electron chi connectivity index (χ3n) is 3.56. The second kappa shape index (κ2) is 7.59. The van der Waals surface area contributed by atoms with Crippen LogP contribution in [-0.2, 0) is 13.0 Å². The summed E-state index contributed by atoms with van der Waals surface area (Å²) in [5, 5.41) is 0. The Morgan fingerprint density at radius 3 is 2.46 bits per heavy atom. The van der Waals surface area contributed by atoms with Gasteiger partial charge in [0.05, 0.1) is 0 Å². The van der Waals surface area contributed by atoms with E-state index in [1.807, 2.05) is 48.5 Å². The molecule has 3 nitrogen and oxygen atoms in total. The van der Waals surface area contributed by atoms with Gasteiger partial charge in [-0.1, -0.05) is 49.4 Å². The van der Waals surface area contributed by atoms with Gasteiger partial charge in [-0.2, -0.15) is 9.37 Å². The van der Waals surface area contributed by atoms with E-state index < -0.39 is 5.95 Å². The highest BCUT2D eigenvalue weighted by Crippen LogP contribution is 2.32. The van der Waals surface area contributed by atoms with Crippen molar-refractivity contribution in [2.24, 2.45) is 0 Å². The summed E-state index contributed by atoms with van der Waals surface area (Å²) >= 11 is 0. The van der Waals surface area contributed by atoms with Gasteiger partial charge >= 0.3 is 0 Å². The maximum Gasteiger partial charge on any atom is 0.222 e. The summed E-state index contributed by atoms with van der Waals surface area (Å²) in [4.78, 5) is 3.73. The molecule has 122 valence electrons. The fraction of sp³-hybridized carbons (Fsp3) is 0.150. The molecule has 2 aromatic carbocycles. The first-order valence-electron chi connectivity index (χ1n) is 7.84. The Kier molecular flexibility index (Phi) is 5.06. The van der Waals surface area contributed by atoms with Gasteiger partial charge < -0.3 is 9.47 Å². The van der Waals surface area contributed by atoms with E-state index in [9.17, 15) is 4.39 Å². The summed E-state index contributed by atoms with van der Waals surface area (Å²) in [5.74, 6) is 0.749. The van der Waals surface area contributed by atoms with Crippen molar-refractivity contribution in [3.05, 3.63) is 83.8 Å². The number of rotatable bonds is 6. The molecule has 0 spiro atoms. The summed E-state index contributed by atoms with van der Waals surface area (Å²) in [6.07, 6.45) is 0.889. The summed E-state index contributed by atoms with van der Waals surface area (Å²) in [6, 6.07) is 20.1. The van der Waals surface area contributed by atoms with Gasteiger partial charge in [0, 0.05) is 6.07 Å². The molecule has 4 heteroatoms. The molecule has 0 radical (unpaired) electrons.